The average Bonchev–Trinajstić information content (AvgIpc) is 3.00. The smallest absolute Gasteiger partial charge is 0.118 e. The number of methoxy groups -OCH3 is 1. The summed E-state index contributed by atoms with van der Waals surface area (Å²) in [4.78, 5) is 2.22. The van der Waals surface area contributed by atoms with E-state index in [0.29, 0.717) is 18.0 Å². The van der Waals surface area contributed by atoms with Crippen molar-refractivity contribution in [3.63, 3.8) is 0 Å². The van der Waals surface area contributed by atoms with E-state index in [4.69, 9.17) is 9.47 Å². The van der Waals surface area contributed by atoms with Crippen LogP contribution in [0.5, 0.6) is 5.75 Å². The molecular formula is C17H28N2O2. The predicted molar refractivity (Wildman–Crippen MR) is 85.8 cm³/mol. The lowest BCUT2D eigenvalue weighted by Gasteiger charge is -2.29. The molecule has 1 aromatic rings. The summed E-state index contributed by atoms with van der Waals surface area (Å²) in [5.41, 5.74) is 1.30. The molecular weight excluding hydrogens is 264 g/mol. The summed E-state index contributed by atoms with van der Waals surface area (Å²) in [7, 11) is 5.93. The van der Waals surface area contributed by atoms with Crippen LogP contribution in [0.15, 0.2) is 24.3 Å². The second-order valence-electron chi connectivity index (χ2n) is 6.17. The fourth-order valence-corrected chi connectivity index (χ4v) is 2.86. The number of rotatable bonds is 7. The monoisotopic (exact) mass is 292 g/mol. The van der Waals surface area contributed by atoms with Crippen LogP contribution in [0.4, 0.5) is 0 Å². The van der Waals surface area contributed by atoms with Crippen molar-refractivity contribution in [1.29, 1.82) is 0 Å². The average molecular weight is 292 g/mol. The van der Waals surface area contributed by atoms with Crippen molar-refractivity contribution < 1.29 is 9.47 Å². The molecule has 1 aliphatic heterocycles. The normalized spacial score (nSPS) is 21.5. The second-order valence-corrected chi connectivity index (χ2v) is 6.17. The van der Waals surface area contributed by atoms with Crippen LogP contribution < -0.4 is 10.1 Å². The summed E-state index contributed by atoms with van der Waals surface area (Å²) >= 11 is 0. The highest BCUT2D eigenvalue weighted by molar-refractivity contribution is 5.29. The van der Waals surface area contributed by atoms with Crippen molar-refractivity contribution in [3.05, 3.63) is 29.8 Å². The van der Waals surface area contributed by atoms with E-state index in [9.17, 15) is 0 Å². The van der Waals surface area contributed by atoms with Crippen molar-refractivity contribution >= 4 is 0 Å². The van der Waals surface area contributed by atoms with E-state index in [1.807, 2.05) is 12.1 Å². The minimum atomic E-state index is 0.321. The number of likely N-dealkylation sites (N-methyl/N-ethyl adjacent to an activating group) is 1. The number of nitrogens with zero attached hydrogens (tertiary/aromatic N) is 1. The Morgan fingerprint density at radius 2 is 2.05 bits per heavy atom. The molecule has 1 aromatic carbocycles. The lowest BCUT2D eigenvalue weighted by Crippen LogP contribution is -2.40. The van der Waals surface area contributed by atoms with Crippen molar-refractivity contribution in [2.45, 2.75) is 25.4 Å². The van der Waals surface area contributed by atoms with Crippen molar-refractivity contribution in [2.24, 2.45) is 5.92 Å². The van der Waals surface area contributed by atoms with Gasteiger partial charge in [-0.25, -0.2) is 0 Å². The standard InChI is InChI=1S/C17H28N2O2/c1-13(15-9-10-21-12-15)18-17(11-19(2)3)14-5-7-16(20-4)8-6-14/h5-8,13,15,17-18H,9-12H2,1-4H3. The van der Waals surface area contributed by atoms with Gasteiger partial charge < -0.3 is 19.7 Å². The first-order chi connectivity index (χ1) is 10.1. The molecule has 118 valence electrons. The molecule has 1 fully saturated rings. The first-order valence-electron chi connectivity index (χ1n) is 7.72. The molecule has 4 heteroatoms. The fourth-order valence-electron chi connectivity index (χ4n) is 2.86. The molecule has 4 nitrogen and oxygen atoms in total. The molecule has 3 atom stereocenters. The molecule has 0 spiro atoms. The summed E-state index contributed by atoms with van der Waals surface area (Å²) in [6.45, 7) is 5.03. The van der Waals surface area contributed by atoms with Gasteiger partial charge in [0, 0.05) is 25.2 Å². The van der Waals surface area contributed by atoms with Gasteiger partial charge in [0.1, 0.15) is 5.75 Å². The predicted octanol–water partition coefficient (Wildman–Crippen LogP) is 2.31. The van der Waals surface area contributed by atoms with Crippen LogP contribution in [0.25, 0.3) is 0 Å². The third-order valence-corrected chi connectivity index (χ3v) is 4.20. The molecule has 1 saturated heterocycles. The van der Waals surface area contributed by atoms with Crippen molar-refractivity contribution in [2.75, 3.05) is 41.0 Å². The lowest BCUT2D eigenvalue weighted by atomic mass is 9.98. The highest BCUT2D eigenvalue weighted by Gasteiger charge is 2.25. The van der Waals surface area contributed by atoms with Gasteiger partial charge in [-0.2, -0.15) is 0 Å². The molecule has 0 saturated carbocycles. The highest BCUT2D eigenvalue weighted by atomic mass is 16.5. The van der Waals surface area contributed by atoms with Gasteiger partial charge in [-0.15, -0.1) is 0 Å². The quantitative estimate of drug-likeness (QED) is 0.836. The Morgan fingerprint density at radius 1 is 1.33 bits per heavy atom. The number of ether oxygens (including phenoxy) is 2. The highest BCUT2D eigenvalue weighted by Crippen LogP contribution is 2.22. The molecule has 1 aliphatic rings. The van der Waals surface area contributed by atoms with Gasteiger partial charge >= 0.3 is 0 Å². The summed E-state index contributed by atoms with van der Waals surface area (Å²) in [6.07, 6.45) is 1.16. The van der Waals surface area contributed by atoms with Gasteiger partial charge in [-0.3, -0.25) is 0 Å². The Kier molecular flexibility index (Phi) is 6.03. The molecule has 1 heterocycles. The maximum Gasteiger partial charge on any atom is 0.118 e. The van der Waals surface area contributed by atoms with Crippen LogP contribution in [0.2, 0.25) is 0 Å². The van der Waals surface area contributed by atoms with Crippen LogP contribution in [0.1, 0.15) is 24.9 Å². The SMILES string of the molecule is COc1ccc(C(CN(C)C)NC(C)C2CCOC2)cc1. The Balaban J connectivity index is 2.05. The van der Waals surface area contributed by atoms with E-state index in [1.54, 1.807) is 7.11 Å². The maximum atomic E-state index is 5.51. The van der Waals surface area contributed by atoms with Crippen LogP contribution in [-0.4, -0.2) is 51.9 Å². The van der Waals surface area contributed by atoms with Gasteiger partial charge in [0.2, 0.25) is 0 Å². The number of hydrogen-bond acceptors (Lipinski definition) is 4. The van der Waals surface area contributed by atoms with E-state index < -0.39 is 0 Å². The van der Waals surface area contributed by atoms with E-state index in [2.05, 4.69) is 43.4 Å². The molecule has 2 rings (SSSR count). The first-order valence-corrected chi connectivity index (χ1v) is 7.72. The zero-order valence-electron chi connectivity index (χ0n) is 13.6. The third-order valence-electron chi connectivity index (χ3n) is 4.20. The molecule has 0 aromatic heterocycles. The van der Waals surface area contributed by atoms with E-state index >= 15 is 0 Å². The van der Waals surface area contributed by atoms with E-state index in [1.165, 1.54) is 5.56 Å². The minimum Gasteiger partial charge on any atom is -0.497 e. The van der Waals surface area contributed by atoms with Crippen LogP contribution in [0.3, 0.4) is 0 Å². The topological polar surface area (TPSA) is 33.7 Å². The van der Waals surface area contributed by atoms with Crippen LogP contribution >= 0.6 is 0 Å². The molecule has 0 aliphatic carbocycles. The van der Waals surface area contributed by atoms with Gasteiger partial charge in [0.15, 0.2) is 0 Å². The Hall–Kier alpha value is -1.10. The van der Waals surface area contributed by atoms with Crippen molar-refractivity contribution in [1.82, 2.24) is 10.2 Å². The number of hydrogen-bond donors (Lipinski definition) is 1. The molecule has 0 radical (unpaired) electrons. The zero-order chi connectivity index (χ0) is 15.2. The number of nitrogens with one attached hydrogen (secondary N) is 1. The van der Waals surface area contributed by atoms with E-state index in [0.717, 1.165) is 31.9 Å². The molecule has 0 amide bonds. The van der Waals surface area contributed by atoms with Gasteiger partial charge in [0.25, 0.3) is 0 Å². The summed E-state index contributed by atoms with van der Waals surface area (Å²) in [5.74, 6) is 1.52. The third kappa shape index (κ3) is 4.70. The number of benzene rings is 1. The van der Waals surface area contributed by atoms with Gasteiger partial charge in [-0.1, -0.05) is 12.1 Å². The van der Waals surface area contributed by atoms with Crippen LogP contribution in [0, 0.1) is 5.92 Å². The molecule has 21 heavy (non-hydrogen) atoms. The second kappa shape index (κ2) is 7.78. The molecule has 3 unspecified atom stereocenters. The first kappa shape index (κ1) is 16.3. The zero-order valence-corrected chi connectivity index (χ0v) is 13.6. The lowest BCUT2D eigenvalue weighted by molar-refractivity contribution is 0.175. The Labute approximate surface area is 128 Å². The Bertz CT molecular complexity index is 413. The summed E-state index contributed by atoms with van der Waals surface area (Å²) in [6, 6.07) is 9.14. The van der Waals surface area contributed by atoms with Gasteiger partial charge in [-0.05, 0) is 51.1 Å². The fraction of sp³-hybridized carbons (Fsp3) is 0.647. The molecule has 0 bridgehead atoms. The summed E-state index contributed by atoms with van der Waals surface area (Å²) < 4.78 is 10.8. The molecule has 1 N–H and O–H groups in total. The van der Waals surface area contributed by atoms with Crippen LogP contribution in [-0.2, 0) is 4.74 Å². The maximum absolute atomic E-state index is 5.51. The van der Waals surface area contributed by atoms with Crippen molar-refractivity contribution in [3.8, 4) is 5.75 Å². The summed E-state index contributed by atoms with van der Waals surface area (Å²) in [5, 5.41) is 3.78. The van der Waals surface area contributed by atoms with E-state index in [-0.39, 0.29) is 0 Å². The largest absolute Gasteiger partial charge is 0.497 e. The van der Waals surface area contributed by atoms with Gasteiger partial charge in [0.05, 0.1) is 13.7 Å². The Morgan fingerprint density at radius 3 is 2.57 bits per heavy atom. The minimum absolute atomic E-state index is 0.321.